The zero-order valence-electron chi connectivity index (χ0n) is 26.3. The van der Waals surface area contributed by atoms with Crippen LogP contribution in [0.25, 0.3) is 22.3 Å². The molecule has 47 heavy (non-hydrogen) atoms. The molecule has 4 atom stereocenters. The largest absolute Gasteiger partial charge is 0.481 e. The van der Waals surface area contributed by atoms with Crippen LogP contribution in [0.1, 0.15) is 86.5 Å². The zero-order valence-corrected chi connectivity index (χ0v) is 30.1. The van der Waals surface area contributed by atoms with Gasteiger partial charge in [0.15, 0.2) is 0 Å². The second kappa shape index (κ2) is 13.3. The molecule has 2 saturated carbocycles. The minimum Gasteiger partial charge on any atom is -0.481 e. The maximum absolute atomic E-state index is 12.0. The molecule has 0 bridgehead atoms. The first-order chi connectivity index (χ1) is 22.3. The number of aliphatic carboxylic acids is 2. The molecule has 0 aromatic heterocycles. The highest BCUT2D eigenvalue weighted by atomic mass is 35.5. The number of halogens is 4. The summed E-state index contributed by atoms with van der Waals surface area (Å²) in [6.07, 6.45) is 0.990. The monoisotopic (exact) mass is 726 g/mol. The highest BCUT2D eigenvalue weighted by Gasteiger charge is 2.48. The summed E-state index contributed by atoms with van der Waals surface area (Å²) in [6, 6.07) is 20.2. The first-order valence-electron chi connectivity index (χ1n) is 15.7. The Morgan fingerprint density at radius 1 is 0.617 bits per heavy atom. The highest BCUT2D eigenvalue weighted by Crippen LogP contribution is 2.59. The van der Waals surface area contributed by atoms with Crippen molar-refractivity contribution in [2.24, 2.45) is 11.8 Å². The molecule has 0 spiro atoms. The van der Waals surface area contributed by atoms with Crippen LogP contribution >= 0.6 is 58.2 Å². The fourth-order valence-electron chi connectivity index (χ4n) is 6.74. The van der Waals surface area contributed by atoms with Crippen molar-refractivity contribution in [2.45, 2.75) is 74.0 Å². The van der Waals surface area contributed by atoms with E-state index in [2.05, 4.69) is 39.8 Å². The van der Waals surface area contributed by atoms with Crippen LogP contribution in [0.5, 0.6) is 0 Å². The van der Waals surface area contributed by atoms with Gasteiger partial charge in [-0.05, 0) is 81.3 Å². The van der Waals surface area contributed by atoms with Crippen molar-refractivity contribution in [1.82, 2.24) is 0 Å². The lowest BCUT2D eigenvalue weighted by atomic mass is 9.88. The lowest BCUT2D eigenvalue weighted by Gasteiger charge is -2.22. The molecule has 0 amide bonds. The van der Waals surface area contributed by atoms with Crippen molar-refractivity contribution in [3.63, 3.8) is 0 Å². The summed E-state index contributed by atoms with van der Waals surface area (Å²) < 4.78 is 0. The van der Waals surface area contributed by atoms with Gasteiger partial charge in [-0.15, -0.1) is 0 Å². The van der Waals surface area contributed by atoms with Crippen LogP contribution in [0.4, 0.5) is 0 Å². The van der Waals surface area contributed by atoms with Crippen LogP contribution in [-0.4, -0.2) is 22.2 Å². The van der Waals surface area contributed by atoms with Crippen molar-refractivity contribution in [1.29, 1.82) is 0 Å². The summed E-state index contributed by atoms with van der Waals surface area (Å²) in [5.41, 5.74) is 7.40. The average molecular weight is 729 g/mol. The van der Waals surface area contributed by atoms with E-state index in [9.17, 15) is 19.8 Å². The fraction of sp³-hybridized carbons (Fsp3) is 0.316. The highest BCUT2D eigenvalue weighted by molar-refractivity contribution is 7.99. The summed E-state index contributed by atoms with van der Waals surface area (Å²) >= 11 is 29.6. The molecule has 2 aliphatic rings. The molecule has 244 valence electrons. The topological polar surface area (TPSA) is 74.6 Å². The number of benzene rings is 4. The van der Waals surface area contributed by atoms with Gasteiger partial charge < -0.3 is 10.2 Å². The Labute approximate surface area is 299 Å². The summed E-state index contributed by atoms with van der Waals surface area (Å²) in [6.45, 7) is 8.49. The number of carboxylic acids is 2. The van der Waals surface area contributed by atoms with E-state index in [1.165, 1.54) is 11.8 Å². The van der Waals surface area contributed by atoms with Crippen molar-refractivity contribution in [2.75, 3.05) is 0 Å². The molecule has 2 N–H and O–H groups in total. The van der Waals surface area contributed by atoms with Gasteiger partial charge in [0.1, 0.15) is 0 Å². The van der Waals surface area contributed by atoms with Gasteiger partial charge in [0, 0.05) is 21.6 Å². The first-order valence-corrected chi connectivity index (χ1v) is 18.0. The molecule has 0 aliphatic heterocycles. The Morgan fingerprint density at radius 2 is 0.979 bits per heavy atom. The van der Waals surface area contributed by atoms with Gasteiger partial charge in [-0.2, -0.15) is 0 Å². The third kappa shape index (κ3) is 6.43. The summed E-state index contributed by atoms with van der Waals surface area (Å²) in [7, 11) is 0. The average Bonchev–Trinajstić information content (AvgIpc) is 3.96. The SMILES string of the molecule is CC(C)c1ccccc1-c1cc(Sc2cc(-c3ccccc3C(C)C)c([C@@H]3C[C@H]3C(=O)O)c(Cl)c2Cl)c(Cl)c(Cl)c1[C@@H]1C[C@H]1C(=O)O. The summed E-state index contributed by atoms with van der Waals surface area (Å²) in [5.74, 6) is -2.81. The molecule has 4 nitrogen and oxygen atoms in total. The maximum Gasteiger partial charge on any atom is 0.307 e. The Kier molecular flexibility index (Phi) is 9.70. The number of hydrogen-bond acceptors (Lipinski definition) is 3. The van der Waals surface area contributed by atoms with Crippen LogP contribution < -0.4 is 0 Å². The van der Waals surface area contributed by atoms with Gasteiger partial charge in [-0.3, -0.25) is 9.59 Å². The minimum absolute atomic E-state index is 0.209. The summed E-state index contributed by atoms with van der Waals surface area (Å²) in [5, 5.41) is 20.9. The molecule has 4 aromatic carbocycles. The van der Waals surface area contributed by atoms with Gasteiger partial charge in [-0.25, -0.2) is 0 Å². The van der Waals surface area contributed by atoms with Crippen LogP contribution in [-0.2, 0) is 9.59 Å². The van der Waals surface area contributed by atoms with E-state index < -0.39 is 23.8 Å². The quantitative estimate of drug-likeness (QED) is 0.170. The van der Waals surface area contributed by atoms with Gasteiger partial charge in [0.25, 0.3) is 0 Å². The Hall–Kier alpha value is -2.67. The van der Waals surface area contributed by atoms with E-state index in [0.29, 0.717) is 42.7 Å². The third-order valence-corrected chi connectivity index (χ3v) is 12.4. The Bertz CT molecular complexity index is 1780. The molecule has 2 aliphatic carbocycles. The molecule has 2 fully saturated rings. The second-order valence-corrected chi connectivity index (χ2v) is 15.7. The molecule has 0 saturated heterocycles. The molecule has 0 heterocycles. The molecule has 4 aromatic rings. The van der Waals surface area contributed by atoms with Crippen molar-refractivity contribution in [3.8, 4) is 22.3 Å². The fourth-order valence-corrected chi connectivity index (χ4v) is 9.05. The normalized spacial score (nSPS) is 20.1. The number of carboxylic acid groups (broad SMARTS) is 2. The zero-order chi connectivity index (χ0) is 33.9. The first kappa shape index (κ1) is 34.2. The number of hydrogen-bond donors (Lipinski definition) is 2. The molecule has 0 unspecified atom stereocenters. The number of rotatable bonds is 10. The van der Waals surface area contributed by atoms with E-state index in [1.807, 2.05) is 48.5 Å². The lowest BCUT2D eigenvalue weighted by Crippen LogP contribution is -2.03. The predicted molar refractivity (Wildman–Crippen MR) is 193 cm³/mol. The van der Waals surface area contributed by atoms with Gasteiger partial charge in [0.05, 0.1) is 31.9 Å². The van der Waals surface area contributed by atoms with Crippen molar-refractivity contribution < 1.29 is 19.8 Å². The summed E-state index contributed by atoms with van der Waals surface area (Å²) in [4.78, 5) is 25.2. The van der Waals surface area contributed by atoms with E-state index in [-0.39, 0.29) is 23.7 Å². The maximum atomic E-state index is 12.0. The van der Waals surface area contributed by atoms with E-state index in [1.54, 1.807) is 0 Å². The molecular formula is C38H34Cl4O4S. The van der Waals surface area contributed by atoms with Gasteiger partial charge >= 0.3 is 11.9 Å². The van der Waals surface area contributed by atoms with Crippen molar-refractivity contribution >= 4 is 70.1 Å². The molecule has 0 radical (unpaired) electrons. The molecular weight excluding hydrogens is 694 g/mol. The van der Waals surface area contributed by atoms with Crippen LogP contribution in [0, 0.1) is 11.8 Å². The van der Waals surface area contributed by atoms with Crippen LogP contribution in [0.2, 0.25) is 20.1 Å². The molecule has 9 heteroatoms. The smallest absolute Gasteiger partial charge is 0.307 e. The van der Waals surface area contributed by atoms with E-state index in [0.717, 1.165) is 44.5 Å². The van der Waals surface area contributed by atoms with Gasteiger partial charge in [0.2, 0.25) is 0 Å². The van der Waals surface area contributed by atoms with E-state index in [4.69, 9.17) is 46.4 Å². The van der Waals surface area contributed by atoms with E-state index >= 15 is 0 Å². The molecule has 6 rings (SSSR count). The predicted octanol–water partition coefficient (Wildman–Crippen LogP) is 12.4. The lowest BCUT2D eigenvalue weighted by molar-refractivity contribution is -0.139. The Balaban J connectivity index is 1.54. The number of carbonyl (C=O) groups is 2. The third-order valence-electron chi connectivity index (χ3n) is 9.34. The standard InChI is InChI=1S/C38H34Cl4O4S/c1-17(2)19-9-5-7-11-21(19)25-15-29(33(39)35(41)31(25)23-13-27(23)37(43)44)47-30-16-26(22-12-8-6-10-20(22)18(3)4)32(36(42)34(30)40)24-14-28(24)38(45)46/h5-12,15-18,23-24,27-28H,13-14H2,1-4H3,(H,43,44)(H,45,46)/t23-,24-,27-,28-/m1/s1. The van der Waals surface area contributed by atoms with Gasteiger partial charge in [-0.1, -0.05) is 134 Å². The van der Waals surface area contributed by atoms with Crippen LogP contribution in [0.3, 0.4) is 0 Å². The van der Waals surface area contributed by atoms with Crippen LogP contribution in [0.15, 0.2) is 70.5 Å². The van der Waals surface area contributed by atoms with Crippen molar-refractivity contribution in [3.05, 3.63) is 103 Å². The second-order valence-electron chi connectivity index (χ2n) is 13.1. The Morgan fingerprint density at radius 3 is 1.30 bits per heavy atom. The minimum atomic E-state index is -0.847.